The number of hydrogen-bond acceptors (Lipinski definition) is 4. The fourth-order valence-corrected chi connectivity index (χ4v) is 4.00. The summed E-state index contributed by atoms with van der Waals surface area (Å²) in [4.78, 5) is 15.9. The quantitative estimate of drug-likeness (QED) is 0.549. The van der Waals surface area contributed by atoms with Gasteiger partial charge in [-0.25, -0.2) is 9.78 Å². The standard InChI is InChI=1S/C19H20ClN3O2S/c1-3-4-5-6-7-17-21-18-13(9-14(20)10-16(18)26-17)11-23-12(2)8-15(22-23)19(24)25/h6-10H,3-5,11H2,1-2H3,(H,24,25)/b7-6+. The minimum Gasteiger partial charge on any atom is -0.476 e. The zero-order valence-electron chi connectivity index (χ0n) is 14.7. The van der Waals surface area contributed by atoms with Crippen LogP contribution in [0.2, 0.25) is 5.02 Å². The smallest absolute Gasteiger partial charge is 0.356 e. The van der Waals surface area contributed by atoms with Gasteiger partial charge in [-0.2, -0.15) is 5.10 Å². The van der Waals surface area contributed by atoms with Crippen LogP contribution >= 0.6 is 22.9 Å². The van der Waals surface area contributed by atoms with Crippen LogP contribution in [0.25, 0.3) is 16.3 Å². The zero-order valence-corrected chi connectivity index (χ0v) is 16.3. The molecular formula is C19H20ClN3O2S. The van der Waals surface area contributed by atoms with Gasteiger partial charge >= 0.3 is 5.97 Å². The van der Waals surface area contributed by atoms with E-state index in [0.29, 0.717) is 11.6 Å². The van der Waals surface area contributed by atoms with Crippen LogP contribution in [-0.4, -0.2) is 25.8 Å². The molecule has 2 heterocycles. The molecule has 0 aliphatic heterocycles. The first-order valence-corrected chi connectivity index (χ1v) is 9.70. The molecule has 26 heavy (non-hydrogen) atoms. The molecule has 0 amide bonds. The Bertz CT molecular complexity index is 975. The van der Waals surface area contributed by atoms with E-state index in [1.165, 1.54) is 12.8 Å². The number of aromatic carboxylic acids is 1. The number of aryl methyl sites for hydroxylation is 1. The van der Waals surface area contributed by atoms with Crippen LogP contribution in [0.3, 0.4) is 0 Å². The molecule has 1 aromatic carbocycles. The van der Waals surface area contributed by atoms with Crippen LogP contribution in [0.5, 0.6) is 0 Å². The van der Waals surface area contributed by atoms with Gasteiger partial charge in [0.15, 0.2) is 5.69 Å². The van der Waals surface area contributed by atoms with Crippen molar-refractivity contribution in [1.29, 1.82) is 0 Å². The van der Waals surface area contributed by atoms with E-state index in [2.05, 4.69) is 24.2 Å². The first-order valence-electron chi connectivity index (χ1n) is 8.51. The molecular weight excluding hydrogens is 370 g/mol. The van der Waals surface area contributed by atoms with Crippen molar-refractivity contribution in [3.8, 4) is 0 Å². The number of unbranched alkanes of at least 4 members (excludes halogenated alkanes) is 2. The Morgan fingerprint density at radius 2 is 2.19 bits per heavy atom. The summed E-state index contributed by atoms with van der Waals surface area (Å²) >= 11 is 7.88. The normalized spacial score (nSPS) is 11.7. The summed E-state index contributed by atoms with van der Waals surface area (Å²) in [5, 5.41) is 14.9. The summed E-state index contributed by atoms with van der Waals surface area (Å²) < 4.78 is 2.69. The number of aromatic nitrogens is 3. The third-order valence-electron chi connectivity index (χ3n) is 4.06. The van der Waals surface area contributed by atoms with Crippen LogP contribution in [-0.2, 0) is 6.54 Å². The molecule has 0 saturated carbocycles. The third-order valence-corrected chi connectivity index (χ3v) is 5.25. The summed E-state index contributed by atoms with van der Waals surface area (Å²) in [5.74, 6) is -1.03. The number of carboxylic acid groups (broad SMARTS) is 1. The number of carbonyl (C=O) groups is 1. The van der Waals surface area contributed by atoms with Gasteiger partial charge in [-0.3, -0.25) is 4.68 Å². The minimum atomic E-state index is -1.03. The lowest BCUT2D eigenvalue weighted by Crippen LogP contribution is -2.06. The molecule has 0 radical (unpaired) electrons. The van der Waals surface area contributed by atoms with Crippen molar-refractivity contribution >= 4 is 45.2 Å². The fourth-order valence-electron chi connectivity index (χ4n) is 2.71. The van der Waals surface area contributed by atoms with E-state index < -0.39 is 5.97 Å². The monoisotopic (exact) mass is 389 g/mol. The Labute approximate surface area is 160 Å². The fraction of sp³-hybridized carbons (Fsp3) is 0.316. The van der Waals surface area contributed by atoms with Crippen LogP contribution in [0.1, 0.15) is 52.9 Å². The van der Waals surface area contributed by atoms with Gasteiger partial charge in [-0.1, -0.05) is 37.4 Å². The van der Waals surface area contributed by atoms with Gasteiger partial charge < -0.3 is 5.11 Å². The Kier molecular flexibility index (Phi) is 5.74. The van der Waals surface area contributed by atoms with Crippen LogP contribution in [0.4, 0.5) is 0 Å². The highest BCUT2D eigenvalue weighted by atomic mass is 35.5. The maximum atomic E-state index is 11.1. The summed E-state index contributed by atoms with van der Waals surface area (Å²) in [5.41, 5.74) is 2.64. The van der Waals surface area contributed by atoms with Gasteiger partial charge in [-0.05, 0) is 37.6 Å². The highest BCUT2D eigenvalue weighted by Crippen LogP contribution is 2.30. The molecule has 0 aliphatic rings. The molecule has 0 unspecified atom stereocenters. The first-order chi connectivity index (χ1) is 12.5. The van der Waals surface area contributed by atoms with E-state index >= 15 is 0 Å². The average molecular weight is 390 g/mol. The summed E-state index contributed by atoms with van der Waals surface area (Å²) in [6.07, 6.45) is 7.60. The van der Waals surface area contributed by atoms with Crippen molar-refractivity contribution in [3.63, 3.8) is 0 Å². The maximum Gasteiger partial charge on any atom is 0.356 e. The molecule has 0 saturated heterocycles. The van der Waals surface area contributed by atoms with E-state index in [0.717, 1.165) is 32.9 Å². The second-order valence-electron chi connectivity index (χ2n) is 6.14. The number of rotatable bonds is 7. The Morgan fingerprint density at radius 3 is 2.88 bits per heavy atom. The Balaban J connectivity index is 1.93. The van der Waals surface area contributed by atoms with E-state index in [1.807, 2.05) is 19.1 Å². The van der Waals surface area contributed by atoms with E-state index in [1.54, 1.807) is 22.1 Å². The molecule has 0 spiro atoms. The number of hydrogen-bond donors (Lipinski definition) is 1. The highest BCUT2D eigenvalue weighted by Gasteiger charge is 2.14. The van der Waals surface area contributed by atoms with Crippen molar-refractivity contribution in [2.45, 2.75) is 39.7 Å². The molecule has 0 fully saturated rings. The van der Waals surface area contributed by atoms with Crippen molar-refractivity contribution in [2.24, 2.45) is 0 Å². The van der Waals surface area contributed by atoms with E-state index in [-0.39, 0.29) is 5.69 Å². The summed E-state index contributed by atoms with van der Waals surface area (Å²) in [6, 6.07) is 5.35. The van der Waals surface area contributed by atoms with Gasteiger partial charge in [0.05, 0.1) is 16.8 Å². The largest absolute Gasteiger partial charge is 0.476 e. The number of allylic oxidation sites excluding steroid dienone is 1. The molecule has 136 valence electrons. The first kappa shape index (κ1) is 18.6. The topological polar surface area (TPSA) is 68.0 Å². The molecule has 5 nitrogen and oxygen atoms in total. The van der Waals surface area contributed by atoms with Crippen LogP contribution < -0.4 is 0 Å². The molecule has 3 rings (SSSR count). The van der Waals surface area contributed by atoms with Crippen LogP contribution in [0, 0.1) is 6.92 Å². The van der Waals surface area contributed by atoms with E-state index in [4.69, 9.17) is 21.7 Å². The number of nitrogens with zero attached hydrogens (tertiary/aromatic N) is 3. The maximum absolute atomic E-state index is 11.1. The third kappa shape index (κ3) is 4.14. The number of benzene rings is 1. The Hall–Kier alpha value is -2.18. The number of halogens is 1. The highest BCUT2D eigenvalue weighted by molar-refractivity contribution is 7.19. The lowest BCUT2D eigenvalue weighted by molar-refractivity contribution is 0.0689. The molecule has 3 aromatic rings. The van der Waals surface area contributed by atoms with Crippen molar-refractivity contribution in [1.82, 2.24) is 14.8 Å². The van der Waals surface area contributed by atoms with Crippen molar-refractivity contribution < 1.29 is 9.90 Å². The SMILES string of the molecule is CCCC/C=C/c1nc2c(Cn3nc(C(=O)O)cc3C)cc(Cl)cc2s1. The molecule has 2 aromatic heterocycles. The van der Waals surface area contributed by atoms with Crippen molar-refractivity contribution in [2.75, 3.05) is 0 Å². The van der Waals surface area contributed by atoms with Gasteiger partial charge in [0.1, 0.15) is 5.01 Å². The average Bonchev–Trinajstić information content (AvgIpc) is 3.15. The lowest BCUT2D eigenvalue weighted by atomic mass is 10.2. The van der Waals surface area contributed by atoms with Crippen LogP contribution in [0.15, 0.2) is 24.3 Å². The second-order valence-corrected chi connectivity index (χ2v) is 7.64. The second kappa shape index (κ2) is 8.01. The minimum absolute atomic E-state index is 0.0404. The number of fused-ring (bicyclic) bond motifs is 1. The Morgan fingerprint density at radius 1 is 1.38 bits per heavy atom. The summed E-state index contributed by atoms with van der Waals surface area (Å²) in [7, 11) is 0. The zero-order chi connectivity index (χ0) is 18.7. The molecule has 0 bridgehead atoms. The molecule has 7 heteroatoms. The molecule has 0 atom stereocenters. The molecule has 1 N–H and O–H groups in total. The number of carboxylic acids is 1. The predicted molar refractivity (Wildman–Crippen MR) is 106 cm³/mol. The van der Waals surface area contributed by atoms with E-state index in [9.17, 15) is 4.79 Å². The number of thiazole rings is 1. The van der Waals surface area contributed by atoms with Gasteiger partial charge in [-0.15, -0.1) is 11.3 Å². The van der Waals surface area contributed by atoms with Crippen molar-refractivity contribution in [3.05, 3.63) is 51.3 Å². The predicted octanol–water partition coefficient (Wildman–Crippen LogP) is 5.40. The molecule has 0 aliphatic carbocycles. The van der Waals surface area contributed by atoms with Gasteiger partial charge in [0.25, 0.3) is 0 Å². The van der Waals surface area contributed by atoms with Gasteiger partial charge in [0.2, 0.25) is 0 Å². The summed E-state index contributed by atoms with van der Waals surface area (Å²) in [6.45, 7) is 4.44. The lowest BCUT2D eigenvalue weighted by Gasteiger charge is -2.06. The van der Waals surface area contributed by atoms with Gasteiger partial charge in [0, 0.05) is 16.3 Å².